The number of hydrogen-bond acceptors (Lipinski definition) is 9. The molecule has 0 saturated carbocycles. The Morgan fingerprint density at radius 1 is 0.444 bits per heavy atom. The van der Waals surface area contributed by atoms with Gasteiger partial charge < -0.3 is 54.8 Å². The van der Waals surface area contributed by atoms with Crippen LogP contribution in [0.15, 0.2) is 109 Å². The van der Waals surface area contributed by atoms with Crippen molar-refractivity contribution in [3.63, 3.8) is 0 Å². The molecule has 0 spiro atoms. The summed E-state index contributed by atoms with van der Waals surface area (Å²) >= 11 is 5.90. The third-order valence-corrected chi connectivity index (χ3v) is 11.6. The molecule has 8 amide bonds. The number of benzene rings is 5. The van der Waals surface area contributed by atoms with Crippen LogP contribution in [0.1, 0.15) is 78.9 Å². The summed E-state index contributed by atoms with van der Waals surface area (Å²) in [5.41, 5.74) is 19.7. The van der Waals surface area contributed by atoms with Gasteiger partial charge in [-0.25, -0.2) is 23.7 Å². The first-order chi connectivity index (χ1) is 37.4. The van der Waals surface area contributed by atoms with Crippen molar-refractivity contribution in [2.24, 2.45) is 11.5 Å². The number of rotatable bonds is 10. The quantitative estimate of drug-likeness (QED) is 0.0582. The summed E-state index contributed by atoms with van der Waals surface area (Å²) in [7, 11) is 0. The van der Waals surface area contributed by atoms with Crippen LogP contribution in [0.25, 0.3) is 22.5 Å². The topological polar surface area (TPSA) is 297 Å². The second-order valence-electron chi connectivity index (χ2n) is 19.5. The van der Waals surface area contributed by atoms with Crippen molar-refractivity contribution in [2.45, 2.75) is 71.1 Å². The highest BCUT2D eigenvalue weighted by atomic mass is 35.5. The Hall–Kier alpha value is -9.47. The number of hydrogen-bond donors (Lipinski definition) is 10. The molecule has 0 fully saturated rings. The summed E-state index contributed by atoms with van der Waals surface area (Å²) in [6.45, 7) is 10.9. The van der Waals surface area contributed by atoms with E-state index in [0.717, 1.165) is 42.5 Å². The minimum Gasteiger partial charge on any atom is -0.383 e. The van der Waals surface area contributed by atoms with Crippen LogP contribution in [-0.2, 0) is 29.6 Å². The molecule has 0 saturated heterocycles. The van der Waals surface area contributed by atoms with Crippen LogP contribution in [0.4, 0.5) is 99.7 Å². The Kier molecular flexibility index (Phi) is 17.3. The molecule has 2 aromatic heterocycles. The standard InChI is InChI=1S/C30H28F6N8O3.C22H22ClF3N6O2/c1-28(2,3)44-24(37)22(25(38)45)23(43-44)15-10-11-20(41-26(46)39-18-8-4-6-16(13-18)29(31,32)33)21(12-15)42-27(47)40-19-9-5-7-17(14-19)30(34,35)36;1-21(2,3)32-18(27)16(19(28)33)17(31-32)11-4-7-13(8-5-11)29-20(34)30-15-10-12(22(24,25)26)6-9-14(15)23/h4-14H,37H2,1-3H3,(H2,38,45)(H2,39,41,46)(H2,40,42,47);4-10H,27H2,1-3H3,(H2,28,33)(H2,29,30,34). The second-order valence-corrected chi connectivity index (χ2v) is 19.9. The van der Waals surface area contributed by atoms with E-state index in [4.69, 9.17) is 34.5 Å². The number of nitrogens with one attached hydrogen (secondary N) is 6. The maximum absolute atomic E-state index is 13.2. The van der Waals surface area contributed by atoms with E-state index in [9.17, 15) is 63.5 Å². The summed E-state index contributed by atoms with van der Waals surface area (Å²) in [5.74, 6) is -1.55. The third-order valence-electron chi connectivity index (χ3n) is 11.2. The lowest BCUT2D eigenvalue weighted by molar-refractivity contribution is -0.138. The number of nitrogens with two attached hydrogens (primary N) is 4. The molecular formula is C52H50ClF9N14O5. The predicted octanol–water partition coefficient (Wildman–Crippen LogP) is 12.6. The molecular weight excluding hydrogens is 1110 g/mol. The summed E-state index contributed by atoms with van der Waals surface area (Å²) < 4.78 is 121. The van der Waals surface area contributed by atoms with Gasteiger partial charge in [0.1, 0.15) is 34.2 Å². The molecule has 81 heavy (non-hydrogen) atoms. The number of primary amides is 2. The molecule has 19 nitrogen and oxygen atoms in total. The van der Waals surface area contributed by atoms with E-state index in [-0.39, 0.29) is 73.2 Å². The van der Waals surface area contributed by atoms with Gasteiger partial charge in [-0.05, 0) is 120 Å². The molecule has 29 heteroatoms. The van der Waals surface area contributed by atoms with Crippen LogP contribution in [0.2, 0.25) is 5.02 Å². The Balaban J connectivity index is 0.000000275. The van der Waals surface area contributed by atoms with Crippen molar-refractivity contribution in [1.82, 2.24) is 19.6 Å². The van der Waals surface area contributed by atoms with Crippen molar-refractivity contribution >= 4 is 87.3 Å². The molecule has 7 aromatic rings. The van der Waals surface area contributed by atoms with Crippen molar-refractivity contribution in [2.75, 3.05) is 43.4 Å². The second kappa shape index (κ2) is 23.1. The van der Waals surface area contributed by atoms with Gasteiger partial charge >= 0.3 is 36.6 Å². The van der Waals surface area contributed by atoms with Gasteiger partial charge in [0, 0.05) is 28.2 Å². The lowest BCUT2D eigenvalue weighted by Gasteiger charge is -2.20. The molecule has 428 valence electrons. The smallest absolute Gasteiger partial charge is 0.383 e. The van der Waals surface area contributed by atoms with Crippen molar-refractivity contribution in [1.29, 1.82) is 0 Å². The molecule has 0 aliphatic carbocycles. The van der Waals surface area contributed by atoms with Gasteiger partial charge in [0.2, 0.25) is 0 Å². The van der Waals surface area contributed by atoms with Gasteiger partial charge in [-0.15, -0.1) is 0 Å². The van der Waals surface area contributed by atoms with E-state index < -0.39 is 76.2 Å². The van der Waals surface area contributed by atoms with E-state index >= 15 is 0 Å². The van der Waals surface area contributed by atoms with Gasteiger partial charge in [-0.1, -0.05) is 41.9 Å². The van der Waals surface area contributed by atoms with Crippen LogP contribution < -0.4 is 54.8 Å². The third kappa shape index (κ3) is 15.0. The summed E-state index contributed by atoms with van der Waals surface area (Å²) in [6.07, 6.45) is -13.9. The molecule has 5 aromatic carbocycles. The maximum atomic E-state index is 13.2. The van der Waals surface area contributed by atoms with Crippen molar-refractivity contribution in [3.8, 4) is 22.5 Å². The van der Waals surface area contributed by atoms with Crippen LogP contribution in [0.5, 0.6) is 0 Å². The monoisotopic (exact) mass is 1160 g/mol. The summed E-state index contributed by atoms with van der Waals surface area (Å²) in [5, 5.41) is 23.0. The first-order valence-corrected chi connectivity index (χ1v) is 23.9. The van der Waals surface area contributed by atoms with Crippen LogP contribution in [-0.4, -0.2) is 49.5 Å². The normalized spacial score (nSPS) is 11.9. The number of urea groups is 3. The minimum absolute atomic E-state index is 0.0197. The number of nitrogen functional groups attached to an aromatic ring is 2. The van der Waals surface area contributed by atoms with Crippen LogP contribution >= 0.6 is 11.6 Å². The molecule has 7 rings (SSSR count). The van der Waals surface area contributed by atoms with E-state index in [2.05, 4.69) is 42.1 Å². The molecule has 0 atom stereocenters. The molecule has 0 aliphatic rings. The van der Waals surface area contributed by atoms with Gasteiger partial charge in [-0.2, -0.15) is 49.7 Å². The van der Waals surface area contributed by atoms with E-state index in [1.165, 1.54) is 51.8 Å². The average Bonchev–Trinajstić information content (AvgIpc) is 4.17. The average molecular weight is 1160 g/mol. The largest absolute Gasteiger partial charge is 0.416 e. The Labute approximate surface area is 459 Å². The van der Waals surface area contributed by atoms with Gasteiger partial charge in [0.05, 0.1) is 49.9 Å². The highest BCUT2D eigenvalue weighted by molar-refractivity contribution is 6.33. The number of nitrogens with zero attached hydrogens (tertiary/aromatic N) is 4. The molecule has 0 radical (unpaired) electrons. The summed E-state index contributed by atoms with van der Waals surface area (Å²) in [4.78, 5) is 62.5. The fourth-order valence-electron chi connectivity index (χ4n) is 7.59. The predicted molar refractivity (Wildman–Crippen MR) is 288 cm³/mol. The van der Waals surface area contributed by atoms with Gasteiger partial charge in [-0.3, -0.25) is 9.59 Å². The lowest BCUT2D eigenvalue weighted by atomic mass is 10.0. The number of anilines is 8. The van der Waals surface area contributed by atoms with E-state index in [1.54, 1.807) is 32.9 Å². The lowest BCUT2D eigenvalue weighted by Crippen LogP contribution is -2.25. The first-order valence-electron chi connectivity index (χ1n) is 23.5. The van der Waals surface area contributed by atoms with Gasteiger partial charge in [0.25, 0.3) is 11.8 Å². The van der Waals surface area contributed by atoms with E-state index in [0.29, 0.717) is 23.4 Å². The van der Waals surface area contributed by atoms with Crippen molar-refractivity contribution in [3.05, 3.63) is 142 Å². The van der Waals surface area contributed by atoms with Crippen molar-refractivity contribution < 1.29 is 63.5 Å². The zero-order chi connectivity index (χ0) is 60.3. The Bertz CT molecular complexity index is 3550. The van der Waals surface area contributed by atoms with E-state index in [1.807, 2.05) is 20.8 Å². The number of carbonyl (C=O) groups is 5. The molecule has 2 heterocycles. The van der Waals surface area contributed by atoms with Crippen LogP contribution in [0.3, 0.4) is 0 Å². The highest BCUT2D eigenvalue weighted by Crippen LogP contribution is 2.38. The Morgan fingerprint density at radius 3 is 1.25 bits per heavy atom. The first kappa shape index (κ1) is 60.8. The minimum atomic E-state index is -4.68. The zero-order valence-corrected chi connectivity index (χ0v) is 44.1. The number of amides is 8. The van der Waals surface area contributed by atoms with Gasteiger partial charge in [0.15, 0.2) is 0 Å². The maximum Gasteiger partial charge on any atom is 0.416 e. The molecule has 0 aliphatic heterocycles. The molecule has 14 N–H and O–H groups in total. The van der Waals surface area contributed by atoms with Crippen LogP contribution in [0, 0.1) is 0 Å². The number of carbonyl (C=O) groups excluding carboxylic acids is 5. The number of alkyl halides is 9. The highest BCUT2D eigenvalue weighted by Gasteiger charge is 2.34. The Morgan fingerprint density at radius 2 is 0.827 bits per heavy atom. The zero-order valence-electron chi connectivity index (χ0n) is 43.3. The number of halogens is 10. The molecule has 0 bridgehead atoms. The number of aromatic nitrogens is 4. The fourth-order valence-corrected chi connectivity index (χ4v) is 7.75. The summed E-state index contributed by atoms with van der Waals surface area (Å²) in [6, 6.07) is 17.7. The molecule has 0 unspecified atom stereocenters. The fraction of sp³-hybridized carbons (Fsp3) is 0.212. The SMILES string of the molecule is CC(C)(C)n1nc(-c2ccc(NC(=O)Nc3cc(C(F)(F)F)ccc3Cl)cc2)c(C(N)=O)c1N.CC(C)(C)n1nc(-c2ccc(NC(=O)Nc3cccc(C(F)(F)F)c3)c(NC(=O)Nc3cccc(C(F)(F)F)c3)c2)c(C(N)=O)c1N.